The number of fused-ring (bicyclic) bond motifs is 1. The minimum atomic E-state index is -1.95. The van der Waals surface area contributed by atoms with Crippen molar-refractivity contribution in [3.63, 3.8) is 0 Å². The Morgan fingerprint density at radius 2 is 1.26 bits per heavy atom. The van der Waals surface area contributed by atoms with Gasteiger partial charge in [-0.25, -0.2) is 0 Å². The molecule has 43 heavy (non-hydrogen) atoms. The Kier molecular flexibility index (Phi) is 8.77. The Bertz CT molecular complexity index is 1490. The van der Waals surface area contributed by atoms with Crippen LogP contribution in [-0.2, 0) is 9.47 Å². The van der Waals surface area contributed by atoms with Crippen LogP contribution in [0.25, 0.3) is 22.1 Å². The summed E-state index contributed by atoms with van der Waals surface area (Å²) in [7, 11) is 0. The van der Waals surface area contributed by atoms with Crippen molar-refractivity contribution in [2.45, 2.75) is 61.4 Å². The standard InChI is InChI=1S/C27H30O16/c28-6-14-18(32)21(35)23(37)26(41-14)40-13-5-12-16(17(31)11(8-39-12)9-1-3-10(30)4-2-9)20(34)25(13)43-27-24(38)22(36)19(33)15(7-29)42-27/h1-5,8,14-15,18-19,21-24,26-30,32-38H,6-7H2/t14-,15-,18-,19-,21+,22+,23-,24-,26-,27+/m0/s1. The van der Waals surface area contributed by atoms with Crippen molar-refractivity contribution >= 4 is 11.0 Å². The lowest BCUT2D eigenvalue weighted by atomic mass is 9.99. The number of aliphatic hydroxyl groups excluding tert-OH is 8. The number of hydrogen-bond acceptors (Lipinski definition) is 16. The monoisotopic (exact) mass is 610 g/mol. The number of phenols is 2. The van der Waals surface area contributed by atoms with Crippen molar-refractivity contribution in [2.75, 3.05) is 13.2 Å². The molecule has 0 radical (unpaired) electrons. The van der Waals surface area contributed by atoms with Crippen LogP contribution in [0.4, 0.5) is 0 Å². The third kappa shape index (κ3) is 5.61. The van der Waals surface area contributed by atoms with Crippen molar-refractivity contribution in [2.24, 2.45) is 0 Å². The lowest BCUT2D eigenvalue weighted by Crippen LogP contribution is -2.60. The van der Waals surface area contributed by atoms with E-state index in [1.54, 1.807) is 0 Å². The van der Waals surface area contributed by atoms with Gasteiger partial charge in [0, 0.05) is 6.07 Å². The van der Waals surface area contributed by atoms with E-state index in [1.807, 2.05) is 0 Å². The molecule has 3 heterocycles. The Morgan fingerprint density at radius 3 is 1.79 bits per heavy atom. The summed E-state index contributed by atoms with van der Waals surface area (Å²) in [6, 6.07) is 6.53. The van der Waals surface area contributed by atoms with E-state index in [2.05, 4.69) is 0 Å². The summed E-state index contributed by atoms with van der Waals surface area (Å²) in [4.78, 5) is 13.5. The molecule has 0 bridgehead atoms. The summed E-state index contributed by atoms with van der Waals surface area (Å²) in [5.41, 5.74) is -0.775. The highest BCUT2D eigenvalue weighted by Gasteiger charge is 2.47. The summed E-state index contributed by atoms with van der Waals surface area (Å²) >= 11 is 0. The largest absolute Gasteiger partial charge is 0.508 e. The van der Waals surface area contributed by atoms with E-state index in [0.717, 1.165) is 12.3 Å². The van der Waals surface area contributed by atoms with Gasteiger partial charge in [-0.05, 0) is 17.7 Å². The highest BCUT2D eigenvalue weighted by atomic mass is 16.7. The predicted octanol–water partition coefficient (Wildman–Crippen LogP) is -2.77. The first-order chi connectivity index (χ1) is 20.5. The van der Waals surface area contributed by atoms with Crippen molar-refractivity contribution in [3.05, 3.63) is 46.8 Å². The zero-order valence-electron chi connectivity index (χ0n) is 22.1. The summed E-state index contributed by atoms with van der Waals surface area (Å²) in [5.74, 6) is -2.24. The van der Waals surface area contributed by atoms with Crippen molar-refractivity contribution in [1.82, 2.24) is 0 Å². The first-order valence-electron chi connectivity index (χ1n) is 13.0. The Labute approximate surface area is 241 Å². The van der Waals surface area contributed by atoms with E-state index in [9.17, 15) is 55.9 Å². The highest BCUT2D eigenvalue weighted by molar-refractivity contribution is 5.91. The van der Waals surface area contributed by atoms with Gasteiger partial charge in [-0.15, -0.1) is 0 Å². The third-order valence-electron chi connectivity index (χ3n) is 7.31. The molecular formula is C27H30O16. The third-order valence-corrected chi connectivity index (χ3v) is 7.31. The van der Waals surface area contributed by atoms with Gasteiger partial charge < -0.3 is 74.4 Å². The molecule has 2 aromatic carbocycles. The Balaban J connectivity index is 1.62. The van der Waals surface area contributed by atoms with Gasteiger partial charge in [0.25, 0.3) is 0 Å². The van der Waals surface area contributed by atoms with Crippen LogP contribution in [0.1, 0.15) is 0 Å². The van der Waals surface area contributed by atoms with Gasteiger partial charge in [0.1, 0.15) is 71.8 Å². The molecule has 234 valence electrons. The number of ether oxygens (including phenoxy) is 4. The van der Waals surface area contributed by atoms with Gasteiger partial charge in [-0.3, -0.25) is 4.79 Å². The van der Waals surface area contributed by atoms with Crippen LogP contribution in [-0.4, -0.2) is 126 Å². The number of aliphatic hydroxyl groups is 8. The molecule has 2 aliphatic heterocycles. The van der Waals surface area contributed by atoms with Gasteiger partial charge in [0.2, 0.25) is 23.8 Å². The number of benzene rings is 2. The summed E-state index contributed by atoms with van der Waals surface area (Å²) in [5, 5.41) is 101. The Morgan fingerprint density at radius 1 is 0.721 bits per heavy atom. The van der Waals surface area contributed by atoms with E-state index in [4.69, 9.17) is 23.4 Å². The van der Waals surface area contributed by atoms with Gasteiger partial charge in [-0.1, -0.05) is 12.1 Å². The van der Waals surface area contributed by atoms with Crippen LogP contribution >= 0.6 is 0 Å². The van der Waals surface area contributed by atoms with Crippen LogP contribution in [0.15, 0.2) is 45.8 Å². The smallest absolute Gasteiger partial charge is 0.229 e. The normalized spacial score (nSPS) is 32.9. The van der Waals surface area contributed by atoms with Crippen LogP contribution < -0.4 is 14.9 Å². The average molecular weight is 611 g/mol. The number of hydrogen-bond donors (Lipinski definition) is 10. The van der Waals surface area contributed by atoms with Gasteiger partial charge in [-0.2, -0.15) is 0 Å². The lowest BCUT2D eigenvalue weighted by Gasteiger charge is -2.41. The molecule has 2 fully saturated rings. The fourth-order valence-corrected chi connectivity index (χ4v) is 4.84. The molecule has 0 amide bonds. The lowest BCUT2D eigenvalue weighted by molar-refractivity contribution is -0.282. The van der Waals surface area contributed by atoms with E-state index < -0.39 is 103 Å². The number of phenolic OH excluding ortho intramolecular Hbond substituents is 2. The minimum absolute atomic E-state index is 0.0378. The predicted molar refractivity (Wildman–Crippen MR) is 140 cm³/mol. The molecule has 3 aromatic rings. The maximum Gasteiger partial charge on any atom is 0.229 e. The van der Waals surface area contributed by atoms with Crippen molar-refractivity contribution in [3.8, 4) is 34.1 Å². The topological polar surface area (TPSA) is 269 Å². The van der Waals surface area contributed by atoms with Crippen molar-refractivity contribution in [1.29, 1.82) is 0 Å². The van der Waals surface area contributed by atoms with Gasteiger partial charge in [0.15, 0.2) is 11.5 Å². The molecule has 16 heteroatoms. The Hall–Kier alpha value is -3.55. The zero-order chi connectivity index (χ0) is 31.2. The van der Waals surface area contributed by atoms with Crippen molar-refractivity contribution < 1.29 is 74.4 Å². The fourth-order valence-electron chi connectivity index (χ4n) is 4.84. The molecule has 2 saturated heterocycles. The zero-order valence-corrected chi connectivity index (χ0v) is 22.1. The van der Waals surface area contributed by atoms with Crippen LogP contribution in [0, 0.1) is 0 Å². The molecular weight excluding hydrogens is 580 g/mol. The van der Waals surface area contributed by atoms with Crippen LogP contribution in [0.5, 0.6) is 23.0 Å². The van der Waals surface area contributed by atoms with Gasteiger partial charge in [0.05, 0.1) is 18.8 Å². The molecule has 0 saturated carbocycles. The van der Waals surface area contributed by atoms with E-state index in [-0.39, 0.29) is 16.9 Å². The fraction of sp³-hybridized carbons (Fsp3) is 0.444. The molecule has 5 rings (SSSR count). The molecule has 16 nitrogen and oxygen atoms in total. The van der Waals surface area contributed by atoms with E-state index in [1.165, 1.54) is 24.3 Å². The van der Waals surface area contributed by atoms with E-state index >= 15 is 0 Å². The second kappa shape index (κ2) is 12.2. The second-order valence-corrected chi connectivity index (χ2v) is 10.1. The average Bonchev–Trinajstić information content (AvgIpc) is 2.99. The van der Waals surface area contributed by atoms with Gasteiger partial charge >= 0.3 is 0 Å². The molecule has 0 spiro atoms. The summed E-state index contributed by atoms with van der Waals surface area (Å²) in [6.07, 6.45) is -16.4. The minimum Gasteiger partial charge on any atom is -0.508 e. The molecule has 0 aliphatic carbocycles. The molecule has 1 aromatic heterocycles. The van der Waals surface area contributed by atoms with E-state index in [0.29, 0.717) is 5.56 Å². The molecule has 0 unspecified atom stereocenters. The maximum atomic E-state index is 13.5. The number of aromatic hydroxyl groups is 2. The molecule has 2 aliphatic rings. The summed E-state index contributed by atoms with van der Waals surface area (Å²) in [6.45, 7) is -1.58. The molecule has 10 atom stereocenters. The summed E-state index contributed by atoms with van der Waals surface area (Å²) < 4.78 is 27.6. The van der Waals surface area contributed by atoms with Crippen LogP contribution in [0.2, 0.25) is 0 Å². The quantitative estimate of drug-likeness (QED) is 0.130. The first-order valence-corrected chi connectivity index (χ1v) is 13.0. The molecule has 10 N–H and O–H groups in total. The first kappa shape index (κ1) is 30.9. The maximum absolute atomic E-state index is 13.5. The highest BCUT2D eigenvalue weighted by Crippen LogP contribution is 2.45. The SMILES string of the molecule is O=c1c(-c2ccc(O)cc2)coc2cc(O[C@H]3O[C@@H](CO)[C@H](O)[C@@H](O)[C@@H]3O)c(O[C@H]3O[C@@H](CO)[C@H](O)[C@@H](O)[C@@H]3O)c(O)c12. The van der Waals surface area contributed by atoms with Crippen LogP contribution in [0.3, 0.4) is 0 Å². The second-order valence-electron chi connectivity index (χ2n) is 10.1. The number of rotatable bonds is 7.